The molecule has 0 radical (unpaired) electrons. The molecule has 4 aromatic rings. The monoisotopic (exact) mass is 315 g/mol. The fourth-order valence-corrected chi connectivity index (χ4v) is 3.61. The molecule has 3 heterocycles. The highest BCUT2D eigenvalue weighted by Gasteiger charge is 2.17. The number of aromatic amines is 1. The second kappa shape index (κ2) is 5.30. The number of benzene rings is 2. The molecular weight excluding hydrogens is 298 g/mol. The molecule has 0 aliphatic carbocycles. The van der Waals surface area contributed by atoms with Gasteiger partial charge in [0.1, 0.15) is 17.7 Å². The maximum atomic E-state index is 4.64. The first kappa shape index (κ1) is 13.5. The lowest BCUT2D eigenvalue weighted by atomic mass is 10.0. The van der Waals surface area contributed by atoms with E-state index in [0.29, 0.717) is 5.65 Å². The first-order chi connectivity index (χ1) is 11.9. The van der Waals surface area contributed by atoms with Crippen molar-refractivity contribution in [2.24, 2.45) is 0 Å². The quantitative estimate of drug-likeness (QED) is 0.612. The van der Waals surface area contributed by atoms with Gasteiger partial charge < -0.3 is 9.88 Å². The summed E-state index contributed by atoms with van der Waals surface area (Å²) in [5, 5.41) is 2.50. The van der Waals surface area contributed by atoms with Crippen LogP contribution in [-0.2, 0) is 0 Å². The zero-order valence-electron chi connectivity index (χ0n) is 13.2. The van der Waals surface area contributed by atoms with E-state index in [9.17, 15) is 0 Å². The molecule has 118 valence electrons. The van der Waals surface area contributed by atoms with Gasteiger partial charge in [-0.05, 0) is 30.4 Å². The minimum atomic E-state index is 0.702. The summed E-state index contributed by atoms with van der Waals surface area (Å²) in [4.78, 5) is 18.8. The number of hydrogen-bond acceptors (Lipinski definition) is 4. The van der Waals surface area contributed by atoms with Crippen molar-refractivity contribution in [3.8, 4) is 11.4 Å². The van der Waals surface area contributed by atoms with Gasteiger partial charge in [-0.2, -0.15) is 0 Å². The molecule has 2 aromatic carbocycles. The number of rotatable bonds is 2. The molecule has 1 fully saturated rings. The Labute approximate surface area is 139 Å². The number of aromatic nitrogens is 4. The van der Waals surface area contributed by atoms with Crippen LogP contribution in [0.2, 0.25) is 0 Å². The van der Waals surface area contributed by atoms with Crippen molar-refractivity contribution in [2.75, 3.05) is 18.0 Å². The van der Waals surface area contributed by atoms with Gasteiger partial charge in [0.2, 0.25) is 0 Å². The molecule has 0 unspecified atom stereocenters. The molecule has 2 aromatic heterocycles. The summed E-state index contributed by atoms with van der Waals surface area (Å²) < 4.78 is 0. The van der Waals surface area contributed by atoms with Crippen molar-refractivity contribution < 1.29 is 0 Å². The molecule has 5 nitrogen and oxygen atoms in total. The van der Waals surface area contributed by atoms with E-state index in [1.54, 1.807) is 6.20 Å². The van der Waals surface area contributed by atoms with Crippen LogP contribution in [0.25, 0.3) is 33.3 Å². The van der Waals surface area contributed by atoms with E-state index >= 15 is 0 Å². The number of fused-ring (bicyclic) bond motifs is 2. The summed E-state index contributed by atoms with van der Waals surface area (Å²) in [5.41, 5.74) is 3.99. The maximum absolute atomic E-state index is 4.64. The highest BCUT2D eigenvalue weighted by Crippen LogP contribution is 2.35. The third kappa shape index (κ3) is 2.05. The molecule has 1 saturated heterocycles. The normalized spacial score (nSPS) is 14.8. The average molecular weight is 315 g/mol. The van der Waals surface area contributed by atoms with E-state index in [4.69, 9.17) is 0 Å². The maximum Gasteiger partial charge on any atom is 0.181 e. The number of nitrogens with one attached hydrogen (secondary N) is 1. The lowest BCUT2D eigenvalue weighted by molar-refractivity contribution is 0.949. The van der Waals surface area contributed by atoms with E-state index in [2.05, 4.69) is 61.2 Å². The Balaban J connectivity index is 1.73. The molecule has 0 saturated carbocycles. The lowest BCUT2D eigenvalue weighted by Gasteiger charge is -2.20. The van der Waals surface area contributed by atoms with Gasteiger partial charge in [0.25, 0.3) is 0 Å². The van der Waals surface area contributed by atoms with E-state index in [-0.39, 0.29) is 0 Å². The van der Waals surface area contributed by atoms with Crippen LogP contribution >= 0.6 is 0 Å². The molecule has 0 atom stereocenters. The molecule has 5 heteroatoms. The summed E-state index contributed by atoms with van der Waals surface area (Å²) in [6.45, 7) is 2.28. The van der Waals surface area contributed by atoms with E-state index < -0.39 is 0 Å². The molecule has 24 heavy (non-hydrogen) atoms. The third-order valence-corrected chi connectivity index (χ3v) is 4.76. The molecule has 0 amide bonds. The zero-order valence-corrected chi connectivity index (χ0v) is 13.2. The largest absolute Gasteiger partial charge is 0.371 e. The average Bonchev–Trinajstić information content (AvgIpc) is 3.30. The predicted octanol–water partition coefficient (Wildman–Crippen LogP) is 3.77. The molecule has 1 aliphatic rings. The standard InChI is InChI=1S/C19H17N5/c1-2-6-14-13(5-1)15(7-8-17(14)24-9-3-4-10-24)18-22-16-11-20-12-21-19(16)23-18/h1-2,5-8,11-12H,3-4,9-10H2,(H,20,21,22,23). The van der Waals surface area contributed by atoms with Gasteiger partial charge in [0, 0.05) is 29.7 Å². The molecule has 1 N–H and O–H groups in total. The van der Waals surface area contributed by atoms with Gasteiger partial charge >= 0.3 is 0 Å². The highest BCUT2D eigenvalue weighted by molar-refractivity contribution is 6.03. The van der Waals surface area contributed by atoms with Gasteiger partial charge in [0.15, 0.2) is 5.65 Å². The van der Waals surface area contributed by atoms with Crippen LogP contribution in [0.3, 0.4) is 0 Å². The van der Waals surface area contributed by atoms with E-state index in [1.807, 2.05) is 0 Å². The van der Waals surface area contributed by atoms with Crippen LogP contribution in [0.1, 0.15) is 12.8 Å². The fourth-order valence-electron chi connectivity index (χ4n) is 3.61. The number of nitrogens with zero attached hydrogens (tertiary/aromatic N) is 4. The summed E-state index contributed by atoms with van der Waals surface area (Å²) in [6.07, 6.45) is 5.85. The van der Waals surface area contributed by atoms with Crippen LogP contribution in [0, 0.1) is 0 Å². The van der Waals surface area contributed by atoms with Crippen molar-refractivity contribution in [3.05, 3.63) is 48.9 Å². The van der Waals surface area contributed by atoms with Gasteiger partial charge in [-0.1, -0.05) is 24.3 Å². The minimum absolute atomic E-state index is 0.702. The van der Waals surface area contributed by atoms with Crippen LogP contribution < -0.4 is 4.90 Å². The van der Waals surface area contributed by atoms with Crippen LogP contribution in [0.4, 0.5) is 5.69 Å². The Morgan fingerprint density at radius 3 is 2.62 bits per heavy atom. The summed E-state index contributed by atoms with van der Waals surface area (Å²) in [6, 6.07) is 13.0. The molecular formula is C19H17N5. The van der Waals surface area contributed by atoms with Gasteiger partial charge in [0.05, 0.1) is 6.20 Å². The molecule has 0 spiro atoms. The zero-order chi connectivity index (χ0) is 15.9. The smallest absolute Gasteiger partial charge is 0.181 e. The Hall–Kier alpha value is -2.95. The summed E-state index contributed by atoms with van der Waals surface area (Å²) in [7, 11) is 0. The van der Waals surface area contributed by atoms with Crippen molar-refractivity contribution in [1.82, 2.24) is 19.9 Å². The molecule has 0 bridgehead atoms. The minimum Gasteiger partial charge on any atom is -0.371 e. The SMILES string of the molecule is c1ccc2c(N3CCCC3)ccc(-c3nc4ncncc4[nH]3)c2c1. The van der Waals surface area contributed by atoms with Gasteiger partial charge in [-0.25, -0.2) is 15.0 Å². The predicted molar refractivity (Wildman–Crippen MR) is 96.1 cm³/mol. The first-order valence-electron chi connectivity index (χ1n) is 8.33. The number of anilines is 1. The Morgan fingerprint density at radius 2 is 1.79 bits per heavy atom. The van der Waals surface area contributed by atoms with Crippen LogP contribution in [0.15, 0.2) is 48.9 Å². The van der Waals surface area contributed by atoms with E-state index in [0.717, 1.165) is 30.0 Å². The van der Waals surface area contributed by atoms with Crippen molar-refractivity contribution in [3.63, 3.8) is 0 Å². The topological polar surface area (TPSA) is 57.7 Å². The Kier molecular flexibility index (Phi) is 2.98. The molecule has 5 rings (SSSR count). The first-order valence-corrected chi connectivity index (χ1v) is 8.33. The lowest BCUT2D eigenvalue weighted by Crippen LogP contribution is -2.17. The molecule has 1 aliphatic heterocycles. The second-order valence-electron chi connectivity index (χ2n) is 6.22. The summed E-state index contributed by atoms with van der Waals surface area (Å²) >= 11 is 0. The highest BCUT2D eigenvalue weighted by atomic mass is 15.1. The van der Waals surface area contributed by atoms with Crippen LogP contribution in [0.5, 0.6) is 0 Å². The number of hydrogen-bond donors (Lipinski definition) is 1. The van der Waals surface area contributed by atoms with Gasteiger partial charge in [-0.3, -0.25) is 0 Å². The Bertz CT molecular complexity index is 997. The van der Waals surface area contributed by atoms with E-state index in [1.165, 1.54) is 35.6 Å². The number of H-pyrrole nitrogens is 1. The van der Waals surface area contributed by atoms with Crippen molar-refractivity contribution in [2.45, 2.75) is 12.8 Å². The second-order valence-corrected chi connectivity index (χ2v) is 6.22. The van der Waals surface area contributed by atoms with Crippen molar-refractivity contribution >= 4 is 27.6 Å². The summed E-state index contributed by atoms with van der Waals surface area (Å²) in [5.74, 6) is 0.842. The van der Waals surface area contributed by atoms with Gasteiger partial charge in [-0.15, -0.1) is 0 Å². The Morgan fingerprint density at radius 1 is 0.958 bits per heavy atom. The number of imidazole rings is 1. The third-order valence-electron chi connectivity index (χ3n) is 4.76. The fraction of sp³-hybridized carbons (Fsp3) is 0.211. The van der Waals surface area contributed by atoms with Crippen molar-refractivity contribution in [1.29, 1.82) is 0 Å². The van der Waals surface area contributed by atoms with Crippen LogP contribution in [-0.4, -0.2) is 33.0 Å².